The van der Waals surface area contributed by atoms with Crippen LogP contribution in [0.3, 0.4) is 0 Å². The van der Waals surface area contributed by atoms with Gasteiger partial charge in [-0.1, -0.05) is 18.2 Å². The molecule has 0 aromatic heterocycles. The lowest BCUT2D eigenvalue weighted by Gasteiger charge is -2.17. The number of aliphatic carboxylic acids is 1. The first kappa shape index (κ1) is 17.5. The number of rotatable bonds is 6. The number of hydrogen-bond acceptors (Lipinski definition) is 2. The second-order valence-corrected chi connectivity index (χ2v) is 5.20. The summed E-state index contributed by atoms with van der Waals surface area (Å²) in [5.74, 6) is -5.33. The first-order valence-electron chi connectivity index (χ1n) is 7.08. The second kappa shape index (κ2) is 7.63. The van der Waals surface area contributed by atoms with Crippen molar-refractivity contribution in [3.63, 3.8) is 0 Å². The zero-order valence-corrected chi connectivity index (χ0v) is 12.4. The molecule has 0 radical (unpaired) electrons. The summed E-state index contributed by atoms with van der Waals surface area (Å²) < 4.78 is 39.9. The SMILES string of the molecule is O=C(O)C[C@@H](Cc1cc(F)c(F)cc1F)NC(=O)c1ccccc1. The van der Waals surface area contributed by atoms with Crippen molar-refractivity contribution in [1.82, 2.24) is 5.32 Å². The number of carbonyl (C=O) groups excluding carboxylic acids is 1. The van der Waals surface area contributed by atoms with Crippen LogP contribution in [0.15, 0.2) is 42.5 Å². The molecule has 0 bridgehead atoms. The fourth-order valence-electron chi connectivity index (χ4n) is 2.23. The summed E-state index contributed by atoms with van der Waals surface area (Å²) in [7, 11) is 0. The number of carbonyl (C=O) groups is 2. The highest BCUT2D eigenvalue weighted by atomic mass is 19.2. The van der Waals surface area contributed by atoms with Gasteiger partial charge in [0.15, 0.2) is 11.6 Å². The van der Waals surface area contributed by atoms with Crippen LogP contribution < -0.4 is 5.32 Å². The molecule has 0 saturated heterocycles. The molecular weight excluding hydrogens is 323 g/mol. The third-order valence-electron chi connectivity index (χ3n) is 3.35. The van der Waals surface area contributed by atoms with Crippen LogP contribution in [-0.2, 0) is 11.2 Å². The van der Waals surface area contributed by atoms with Gasteiger partial charge in [-0.2, -0.15) is 0 Å². The van der Waals surface area contributed by atoms with Gasteiger partial charge in [-0.3, -0.25) is 9.59 Å². The zero-order valence-electron chi connectivity index (χ0n) is 12.4. The summed E-state index contributed by atoms with van der Waals surface area (Å²) in [5.41, 5.74) is 0.0900. The summed E-state index contributed by atoms with van der Waals surface area (Å²) in [6.45, 7) is 0. The molecule has 0 aliphatic heterocycles. The number of hydrogen-bond donors (Lipinski definition) is 2. The molecule has 4 nitrogen and oxygen atoms in total. The first-order chi connectivity index (χ1) is 11.4. The molecule has 2 rings (SSSR count). The van der Waals surface area contributed by atoms with Crippen molar-refractivity contribution in [2.45, 2.75) is 18.9 Å². The molecule has 0 spiro atoms. The minimum Gasteiger partial charge on any atom is -0.481 e. The first-order valence-corrected chi connectivity index (χ1v) is 7.08. The smallest absolute Gasteiger partial charge is 0.305 e. The molecule has 126 valence electrons. The Balaban J connectivity index is 2.18. The number of halogens is 3. The number of amides is 1. The Morgan fingerprint density at radius 1 is 1.00 bits per heavy atom. The summed E-state index contributed by atoms with van der Waals surface area (Å²) in [5, 5.41) is 11.4. The maximum atomic E-state index is 13.7. The van der Waals surface area contributed by atoms with Crippen LogP contribution in [0, 0.1) is 17.5 Å². The molecule has 0 aliphatic carbocycles. The Kier molecular flexibility index (Phi) is 5.57. The molecule has 0 unspecified atom stereocenters. The molecule has 2 aromatic rings. The van der Waals surface area contributed by atoms with Crippen molar-refractivity contribution in [1.29, 1.82) is 0 Å². The summed E-state index contributed by atoms with van der Waals surface area (Å²) in [4.78, 5) is 23.0. The molecular formula is C17H14F3NO3. The lowest BCUT2D eigenvalue weighted by Crippen LogP contribution is -2.38. The molecule has 2 aromatic carbocycles. The molecule has 0 saturated carbocycles. The van der Waals surface area contributed by atoms with Gasteiger partial charge in [0.1, 0.15) is 5.82 Å². The normalized spacial score (nSPS) is 11.8. The average Bonchev–Trinajstić information content (AvgIpc) is 2.52. The van der Waals surface area contributed by atoms with Gasteiger partial charge >= 0.3 is 5.97 Å². The highest BCUT2D eigenvalue weighted by Gasteiger charge is 2.20. The van der Waals surface area contributed by atoms with Crippen molar-refractivity contribution >= 4 is 11.9 Å². The van der Waals surface area contributed by atoms with Crippen molar-refractivity contribution in [2.75, 3.05) is 0 Å². The number of carboxylic acid groups (broad SMARTS) is 1. The van der Waals surface area contributed by atoms with Crippen LogP contribution >= 0.6 is 0 Å². The van der Waals surface area contributed by atoms with Crippen LogP contribution in [0.25, 0.3) is 0 Å². The van der Waals surface area contributed by atoms with Gasteiger partial charge in [0, 0.05) is 17.7 Å². The summed E-state index contributed by atoms with van der Waals surface area (Å²) in [6, 6.07) is 8.12. The van der Waals surface area contributed by atoms with E-state index in [0.29, 0.717) is 17.7 Å². The van der Waals surface area contributed by atoms with Crippen LogP contribution in [0.2, 0.25) is 0 Å². The molecule has 1 atom stereocenters. The topological polar surface area (TPSA) is 66.4 Å². The van der Waals surface area contributed by atoms with E-state index in [0.717, 1.165) is 0 Å². The van der Waals surface area contributed by atoms with Crippen LogP contribution in [0.5, 0.6) is 0 Å². The van der Waals surface area contributed by atoms with E-state index in [2.05, 4.69) is 5.32 Å². The maximum absolute atomic E-state index is 13.7. The monoisotopic (exact) mass is 337 g/mol. The van der Waals surface area contributed by atoms with E-state index >= 15 is 0 Å². The van der Waals surface area contributed by atoms with E-state index < -0.39 is 41.8 Å². The molecule has 24 heavy (non-hydrogen) atoms. The van der Waals surface area contributed by atoms with Crippen molar-refractivity contribution < 1.29 is 27.9 Å². The number of nitrogens with one attached hydrogen (secondary N) is 1. The maximum Gasteiger partial charge on any atom is 0.305 e. The average molecular weight is 337 g/mol. The van der Waals surface area contributed by atoms with E-state index in [4.69, 9.17) is 5.11 Å². The van der Waals surface area contributed by atoms with Gasteiger partial charge in [-0.25, -0.2) is 13.2 Å². The van der Waals surface area contributed by atoms with Crippen LogP contribution in [0.4, 0.5) is 13.2 Å². The Labute approximate surface area is 135 Å². The van der Waals surface area contributed by atoms with E-state index in [1.54, 1.807) is 18.2 Å². The number of carboxylic acids is 1. The van der Waals surface area contributed by atoms with E-state index in [1.165, 1.54) is 12.1 Å². The highest BCUT2D eigenvalue weighted by Crippen LogP contribution is 2.16. The predicted molar refractivity (Wildman–Crippen MR) is 80.0 cm³/mol. The molecule has 0 fully saturated rings. The number of benzene rings is 2. The van der Waals surface area contributed by atoms with Crippen molar-refractivity contribution in [3.8, 4) is 0 Å². The lowest BCUT2D eigenvalue weighted by atomic mass is 10.0. The Bertz CT molecular complexity index is 750. The van der Waals surface area contributed by atoms with Gasteiger partial charge in [0.05, 0.1) is 6.42 Å². The third-order valence-corrected chi connectivity index (χ3v) is 3.35. The molecule has 0 heterocycles. The van der Waals surface area contributed by atoms with Gasteiger partial charge in [0.25, 0.3) is 5.91 Å². The zero-order chi connectivity index (χ0) is 17.7. The predicted octanol–water partition coefficient (Wildman–Crippen LogP) is 2.92. The minimum atomic E-state index is -1.33. The van der Waals surface area contributed by atoms with Gasteiger partial charge in [-0.15, -0.1) is 0 Å². The Hall–Kier alpha value is -2.83. The fourth-order valence-corrected chi connectivity index (χ4v) is 2.23. The fraction of sp³-hybridized carbons (Fsp3) is 0.176. The van der Waals surface area contributed by atoms with E-state index in [9.17, 15) is 22.8 Å². The Morgan fingerprint density at radius 3 is 2.25 bits per heavy atom. The minimum absolute atomic E-state index is 0.214. The quantitative estimate of drug-likeness (QED) is 0.797. The largest absolute Gasteiger partial charge is 0.481 e. The van der Waals surface area contributed by atoms with Crippen molar-refractivity contribution in [2.24, 2.45) is 0 Å². The summed E-state index contributed by atoms with van der Waals surface area (Å²) in [6.07, 6.45) is -0.773. The van der Waals surface area contributed by atoms with Gasteiger partial charge in [0.2, 0.25) is 0 Å². The summed E-state index contributed by atoms with van der Waals surface area (Å²) >= 11 is 0. The molecule has 2 N–H and O–H groups in total. The lowest BCUT2D eigenvalue weighted by molar-refractivity contribution is -0.137. The van der Waals surface area contributed by atoms with Crippen LogP contribution in [0.1, 0.15) is 22.3 Å². The molecule has 0 aliphatic rings. The molecule has 7 heteroatoms. The molecule has 1 amide bonds. The van der Waals surface area contributed by atoms with E-state index in [-0.39, 0.29) is 12.0 Å². The van der Waals surface area contributed by atoms with Crippen molar-refractivity contribution in [3.05, 3.63) is 71.0 Å². The van der Waals surface area contributed by atoms with Gasteiger partial charge < -0.3 is 10.4 Å². The Morgan fingerprint density at radius 2 is 1.62 bits per heavy atom. The van der Waals surface area contributed by atoms with E-state index in [1.807, 2.05) is 0 Å². The van der Waals surface area contributed by atoms with Crippen LogP contribution in [-0.4, -0.2) is 23.0 Å². The standard InChI is InChI=1S/C17H14F3NO3/c18-13-9-15(20)14(19)7-11(13)6-12(8-16(22)23)21-17(24)10-4-2-1-3-5-10/h1-5,7,9,12H,6,8H2,(H,21,24)(H,22,23)/t12-/m1/s1. The van der Waals surface area contributed by atoms with Gasteiger partial charge in [-0.05, 0) is 30.2 Å². The highest BCUT2D eigenvalue weighted by molar-refractivity contribution is 5.94. The third kappa shape index (κ3) is 4.58. The second-order valence-electron chi connectivity index (χ2n) is 5.20.